The van der Waals surface area contributed by atoms with Crippen molar-refractivity contribution in [2.75, 3.05) is 11.1 Å². The molecule has 0 spiro atoms. The molecule has 0 bridgehead atoms. The van der Waals surface area contributed by atoms with E-state index in [0.29, 0.717) is 21.5 Å². The Balaban J connectivity index is 1.78. The maximum atomic E-state index is 12.4. The summed E-state index contributed by atoms with van der Waals surface area (Å²) in [7, 11) is -3.78. The third-order valence-corrected chi connectivity index (χ3v) is 7.42. The normalized spacial score (nSPS) is 16.6. The molecule has 0 saturated carbocycles. The van der Waals surface area contributed by atoms with Crippen LogP contribution in [0.3, 0.4) is 0 Å². The summed E-state index contributed by atoms with van der Waals surface area (Å²) in [6, 6.07) is 7.83. The summed E-state index contributed by atoms with van der Waals surface area (Å²) < 4.78 is 24.7. The van der Waals surface area contributed by atoms with Crippen LogP contribution in [0.5, 0.6) is 0 Å². The van der Waals surface area contributed by atoms with Crippen molar-refractivity contribution >= 4 is 43.7 Å². The molecular weight excluding hydrogens is 392 g/mol. The standard InChI is InChI=1S/C18H17ClN2O3S2/c1-11-2-7-14-15(9-20)18(25-16(14)8-11)21-17(22)10-26(23,24)13-5-3-12(19)4-6-13/h3-6,11H,2,7-8,10H2,1H3,(H,21,22)/t11-/m1/s1. The molecule has 3 rings (SSSR count). The number of fused-ring (bicyclic) bond motifs is 1. The molecule has 1 heterocycles. The molecule has 0 radical (unpaired) electrons. The highest BCUT2D eigenvalue weighted by Crippen LogP contribution is 2.39. The second-order valence-electron chi connectivity index (χ2n) is 6.43. The van der Waals surface area contributed by atoms with E-state index in [9.17, 15) is 18.5 Å². The number of amides is 1. The van der Waals surface area contributed by atoms with Crippen molar-refractivity contribution in [3.05, 3.63) is 45.3 Å². The minimum Gasteiger partial charge on any atom is -0.316 e. The summed E-state index contributed by atoms with van der Waals surface area (Å²) in [4.78, 5) is 13.4. The highest BCUT2D eigenvalue weighted by Gasteiger charge is 2.26. The number of carbonyl (C=O) groups excluding carboxylic acids is 1. The third kappa shape index (κ3) is 3.93. The molecule has 1 atom stereocenters. The second-order valence-corrected chi connectivity index (χ2v) is 9.96. The predicted molar refractivity (Wildman–Crippen MR) is 102 cm³/mol. The molecule has 0 aliphatic heterocycles. The van der Waals surface area contributed by atoms with Crippen LogP contribution in [0.25, 0.3) is 0 Å². The fourth-order valence-corrected chi connectivity index (χ4v) is 5.66. The lowest BCUT2D eigenvalue weighted by Gasteiger charge is -2.17. The maximum absolute atomic E-state index is 12.4. The zero-order chi connectivity index (χ0) is 18.9. The molecule has 5 nitrogen and oxygen atoms in total. The number of hydrogen-bond acceptors (Lipinski definition) is 5. The Morgan fingerprint density at radius 2 is 2.08 bits per heavy atom. The van der Waals surface area contributed by atoms with Crippen LogP contribution < -0.4 is 5.32 Å². The van der Waals surface area contributed by atoms with Crippen molar-refractivity contribution in [3.8, 4) is 6.07 Å². The minimum absolute atomic E-state index is 0.0388. The van der Waals surface area contributed by atoms with Gasteiger partial charge in [-0.05, 0) is 55.0 Å². The molecule has 1 aromatic carbocycles. The van der Waals surface area contributed by atoms with Crippen molar-refractivity contribution in [1.29, 1.82) is 5.26 Å². The number of rotatable bonds is 4. The largest absolute Gasteiger partial charge is 0.316 e. The van der Waals surface area contributed by atoms with Gasteiger partial charge in [0, 0.05) is 9.90 Å². The number of carbonyl (C=O) groups is 1. The number of nitrogens with zero attached hydrogens (tertiary/aromatic N) is 1. The monoisotopic (exact) mass is 408 g/mol. The van der Waals surface area contributed by atoms with E-state index in [0.717, 1.165) is 29.7 Å². The fourth-order valence-electron chi connectivity index (χ4n) is 3.02. The molecule has 1 aromatic heterocycles. The number of nitrogens with one attached hydrogen (secondary N) is 1. The highest BCUT2D eigenvalue weighted by molar-refractivity contribution is 7.92. The first-order valence-electron chi connectivity index (χ1n) is 8.13. The summed E-state index contributed by atoms with van der Waals surface area (Å²) in [5.41, 5.74) is 1.46. The first-order valence-corrected chi connectivity index (χ1v) is 11.0. The lowest BCUT2D eigenvalue weighted by molar-refractivity contribution is -0.113. The van der Waals surface area contributed by atoms with Gasteiger partial charge in [0.15, 0.2) is 9.84 Å². The van der Waals surface area contributed by atoms with Crippen LogP contribution in [0.15, 0.2) is 29.2 Å². The summed E-state index contributed by atoms with van der Waals surface area (Å²) in [5.74, 6) is -0.789. The molecule has 1 N–H and O–H groups in total. The molecule has 8 heteroatoms. The molecule has 0 unspecified atom stereocenters. The molecule has 1 aliphatic rings. The molecule has 136 valence electrons. The van der Waals surface area contributed by atoms with Crippen molar-refractivity contribution in [2.24, 2.45) is 5.92 Å². The van der Waals surface area contributed by atoms with E-state index in [1.807, 2.05) is 0 Å². The number of benzene rings is 1. The van der Waals surface area contributed by atoms with Gasteiger partial charge in [-0.25, -0.2) is 8.42 Å². The maximum Gasteiger partial charge on any atom is 0.240 e. The van der Waals surface area contributed by atoms with E-state index in [1.165, 1.54) is 35.6 Å². The van der Waals surface area contributed by atoms with Crippen molar-refractivity contribution in [2.45, 2.75) is 31.1 Å². The Hall–Kier alpha value is -1.88. The first kappa shape index (κ1) is 18.9. The summed E-state index contributed by atoms with van der Waals surface area (Å²) in [5, 5.41) is 12.9. The van der Waals surface area contributed by atoms with E-state index in [-0.39, 0.29) is 4.90 Å². The van der Waals surface area contributed by atoms with Gasteiger partial charge in [0.25, 0.3) is 0 Å². The van der Waals surface area contributed by atoms with E-state index in [2.05, 4.69) is 18.3 Å². The number of nitriles is 1. The first-order chi connectivity index (χ1) is 12.3. The number of hydrogen-bond donors (Lipinski definition) is 1. The SMILES string of the molecule is C[C@@H]1CCc2c(sc(NC(=O)CS(=O)(=O)c3ccc(Cl)cc3)c2C#N)C1. The van der Waals surface area contributed by atoms with Gasteiger partial charge in [-0.15, -0.1) is 11.3 Å². The second kappa shape index (κ2) is 7.39. The molecular formula is C18H17ClN2O3S2. The average molecular weight is 409 g/mol. The Labute approximate surface area is 161 Å². The molecule has 26 heavy (non-hydrogen) atoms. The molecule has 1 aliphatic carbocycles. The van der Waals surface area contributed by atoms with Gasteiger partial charge in [-0.3, -0.25) is 4.79 Å². The van der Waals surface area contributed by atoms with Crippen LogP contribution in [0.4, 0.5) is 5.00 Å². The van der Waals surface area contributed by atoms with Crippen LogP contribution in [0.2, 0.25) is 5.02 Å². The summed E-state index contributed by atoms with van der Waals surface area (Å²) >= 11 is 7.14. The van der Waals surface area contributed by atoms with Gasteiger partial charge < -0.3 is 5.32 Å². The topological polar surface area (TPSA) is 87.0 Å². The van der Waals surface area contributed by atoms with Gasteiger partial charge in [0.2, 0.25) is 5.91 Å². The van der Waals surface area contributed by atoms with Crippen LogP contribution in [-0.2, 0) is 27.5 Å². The number of halogens is 1. The zero-order valence-electron chi connectivity index (χ0n) is 14.1. The predicted octanol–water partition coefficient (Wildman–Crippen LogP) is 3.81. The van der Waals surface area contributed by atoms with Gasteiger partial charge >= 0.3 is 0 Å². The van der Waals surface area contributed by atoms with Gasteiger partial charge in [-0.1, -0.05) is 18.5 Å². The van der Waals surface area contributed by atoms with E-state index < -0.39 is 21.5 Å². The highest BCUT2D eigenvalue weighted by atomic mass is 35.5. The number of anilines is 1. The molecule has 1 amide bonds. The van der Waals surface area contributed by atoms with Crippen molar-refractivity contribution < 1.29 is 13.2 Å². The Kier molecular flexibility index (Phi) is 5.37. The fraction of sp³-hybridized carbons (Fsp3) is 0.333. The lowest BCUT2D eigenvalue weighted by Crippen LogP contribution is -2.23. The summed E-state index contributed by atoms with van der Waals surface area (Å²) in [6.07, 6.45) is 2.71. The average Bonchev–Trinajstić information content (AvgIpc) is 2.90. The molecule has 0 saturated heterocycles. The minimum atomic E-state index is -3.78. The van der Waals surface area contributed by atoms with Crippen LogP contribution in [0, 0.1) is 17.2 Å². The quantitative estimate of drug-likeness (QED) is 0.833. The summed E-state index contributed by atoms with van der Waals surface area (Å²) in [6.45, 7) is 2.16. The van der Waals surface area contributed by atoms with E-state index >= 15 is 0 Å². The Morgan fingerprint density at radius 3 is 2.73 bits per heavy atom. The smallest absolute Gasteiger partial charge is 0.240 e. The van der Waals surface area contributed by atoms with Crippen LogP contribution in [0.1, 0.15) is 29.3 Å². The van der Waals surface area contributed by atoms with Crippen molar-refractivity contribution in [1.82, 2.24) is 0 Å². The third-order valence-electron chi connectivity index (χ3n) is 4.37. The van der Waals surface area contributed by atoms with Crippen LogP contribution >= 0.6 is 22.9 Å². The van der Waals surface area contributed by atoms with E-state index in [1.54, 1.807) is 0 Å². The van der Waals surface area contributed by atoms with E-state index in [4.69, 9.17) is 11.6 Å². The van der Waals surface area contributed by atoms with Crippen molar-refractivity contribution in [3.63, 3.8) is 0 Å². The van der Waals surface area contributed by atoms with Gasteiger partial charge in [-0.2, -0.15) is 5.26 Å². The number of sulfone groups is 1. The molecule has 2 aromatic rings. The van der Waals surface area contributed by atoms with Gasteiger partial charge in [0.05, 0.1) is 10.5 Å². The zero-order valence-corrected chi connectivity index (χ0v) is 16.5. The Bertz CT molecular complexity index is 989. The number of thiophene rings is 1. The lowest BCUT2D eigenvalue weighted by atomic mass is 9.89. The molecule has 0 fully saturated rings. The van der Waals surface area contributed by atoms with Gasteiger partial charge in [0.1, 0.15) is 16.8 Å². The van der Waals surface area contributed by atoms with Crippen LogP contribution in [-0.4, -0.2) is 20.1 Å². The Morgan fingerprint density at radius 1 is 1.38 bits per heavy atom.